The first kappa shape index (κ1) is 12.3. The van der Waals surface area contributed by atoms with Crippen LogP contribution in [0.5, 0.6) is 17.2 Å². The van der Waals surface area contributed by atoms with Gasteiger partial charge in [-0.1, -0.05) is 29.8 Å². The van der Waals surface area contributed by atoms with Gasteiger partial charge in [-0.05, 0) is 26.3 Å². The maximum Gasteiger partial charge on any atom is 0.166 e. The molecular weight excluding hydrogens is 228 g/mol. The standard InChI is InChI=1S/C15H16O3/c1-8-4-6-11(7-5-8)12-9(2)13(16)10(3)14(17)15(12)18/h4-7,16-18H,1-3H3. The Kier molecular flexibility index (Phi) is 2.91. The number of rotatable bonds is 1. The second-order valence-electron chi connectivity index (χ2n) is 4.54. The molecule has 0 spiro atoms. The van der Waals surface area contributed by atoms with Crippen LogP contribution in [0.2, 0.25) is 0 Å². The van der Waals surface area contributed by atoms with Crippen LogP contribution in [0.15, 0.2) is 24.3 Å². The molecule has 0 aliphatic heterocycles. The summed E-state index contributed by atoms with van der Waals surface area (Å²) in [7, 11) is 0. The number of phenols is 3. The van der Waals surface area contributed by atoms with Gasteiger partial charge in [0.05, 0.1) is 0 Å². The molecule has 2 aromatic rings. The summed E-state index contributed by atoms with van der Waals surface area (Å²) < 4.78 is 0. The summed E-state index contributed by atoms with van der Waals surface area (Å²) in [6.07, 6.45) is 0. The van der Waals surface area contributed by atoms with Crippen molar-refractivity contribution in [3.63, 3.8) is 0 Å². The van der Waals surface area contributed by atoms with E-state index in [0.29, 0.717) is 16.7 Å². The Morgan fingerprint density at radius 3 is 1.78 bits per heavy atom. The number of hydrogen-bond acceptors (Lipinski definition) is 3. The molecule has 0 aromatic heterocycles. The zero-order chi connectivity index (χ0) is 13.4. The molecule has 0 aliphatic rings. The Morgan fingerprint density at radius 2 is 1.22 bits per heavy atom. The third kappa shape index (κ3) is 1.78. The van der Waals surface area contributed by atoms with Crippen molar-refractivity contribution >= 4 is 0 Å². The summed E-state index contributed by atoms with van der Waals surface area (Å²) in [5.41, 5.74) is 3.20. The Bertz CT molecular complexity index is 569. The monoisotopic (exact) mass is 244 g/mol. The first-order chi connectivity index (χ1) is 8.43. The summed E-state index contributed by atoms with van der Waals surface area (Å²) in [4.78, 5) is 0. The molecule has 18 heavy (non-hydrogen) atoms. The van der Waals surface area contributed by atoms with E-state index < -0.39 is 0 Å². The second kappa shape index (κ2) is 4.26. The van der Waals surface area contributed by atoms with Gasteiger partial charge in [0.2, 0.25) is 0 Å². The van der Waals surface area contributed by atoms with Gasteiger partial charge >= 0.3 is 0 Å². The second-order valence-corrected chi connectivity index (χ2v) is 4.54. The zero-order valence-corrected chi connectivity index (χ0v) is 10.7. The molecule has 0 saturated heterocycles. The molecule has 0 unspecified atom stereocenters. The SMILES string of the molecule is Cc1ccc(-c2c(C)c(O)c(C)c(O)c2O)cc1. The van der Waals surface area contributed by atoms with Crippen LogP contribution in [0.1, 0.15) is 16.7 Å². The number of aromatic hydroxyl groups is 3. The zero-order valence-electron chi connectivity index (χ0n) is 10.7. The third-order valence-corrected chi connectivity index (χ3v) is 3.24. The van der Waals surface area contributed by atoms with Gasteiger partial charge in [0.1, 0.15) is 5.75 Å². The van der Waals surface area contributed by atoms with Crippen LogP contribution in [0.3, 0.4) is 0 Å². The summed E-state index contributed by atoms with van der Waals surface area (Å²) in [5, 5.41) is 29.8. The highest BCUT2D eigenvalue weighted by Gasteiger charge is 2.19. The predicted molar refractivity (Wildman–Crippen MR) is 71.1 cm³/mol. The Labute approximate surface area is 106 Å². The van der Waals surface area contributed by atoms with Crippen LogP contribution in [0.4, 0.5) is 0 Å². The van der Waals surface area contributed by atoms with E-state index in [4.69, 9.17) is 0 Å². The van der Waals surface area contributed by atoms with Crippen LogP contribution in [-0.4, -0.2) is 15.3 Å². The van der Waals surface area contributed by atoms with Crippen molar-refractivity contribution in [2.75, 3.05) is 0 Å². The average molecular weight is 244 g/mol. The molecule has 0 radical (unpaired) electrons. The first-order valence-corrected chi connectivity index (χ1v) is 5.74. The fourth-order valence-electron chi connectivity index (χ4n) is 2.06. The van der Waals surface area contributed by atoms with Crippen LogP contribution in [0.25, 0.3) is 11.1 Å². The van der Waals surface area contributed by atoms with Gasteiger partial charge in [0, 0.05) is 16.7 Å². The van der Waals surface area contributed by atoms with Crippen molar-refractivity contribution in [2.45, 2.75) is 20.8 Å². The molecule has 2 rings (SSSR count). The fourth-order valence-corrected chi connectivity index (χ4v) is 2.06. The van der Waals surface area contributed by atoms with Gasteiger partial charge in [-0.3, -0.25) is 0 Å². The van der Waals surface area contributed by atoms with E-state index in [1.165, 1.54) is 0 Å². The molecule has 0 saturated carbocycles. The van der Waals surface area contributed by atoms with E-state index in [0.717, 1.165) is 11.1 Å². The minimum atomic E-state index is -0.270. The summed E-state index contributed by atoms with van der Waals surface area (Å²) >= 11 is 0. The first-order valence-electron chi connectivity index (χ1n) is 5.74. The Balaban J connectivity index is 2.75. The molecule has 0 aliphatic carbocycles. The maximum absolute atomic E-state index is 10.0. The van der Waals surface area contributed by atoms with Crippen LogP contribution in [-0.2, 0) is 0 Å². The summed E-state index contributed by atoms with van der Waals surface area (Å²) in [5.74, 6) is -0.443. The van der Waals surface area contributed by atoms with Crippen molar-refractivity contribution < 1.29 is 15.3 Å². The van der Waals surface area contributed by atoms with Gasteiger partial charge in [-0.15, -0.1) is 0 Å². The Morgan fingerprint density at radius 1 is 0.667 bits per heavy atom. The topological polar surface area (TPSA) is 60.7 Å². The number of hydrogen-bond donors (Lipinski definition) is 3. The van der Waals surface area contributed by atoms with Crippen LogP contribution < -0.4 is 0 Å². The number of phenolic OH excluding ortho intramolecular Hbond substituents is 3. The Hall–Kier alpha value is -2.16. The number of aryl methyl sites for hydroxylation is 1. The lowest BCUT2D eigenvalue weighted by Gasteiger charge is -2.15. The van der Waals surface area contributed by atoms with Gasteiger partial charge < -0.3 is 15.3 Å². The molecule has 0 amide bonds. The molecule has 3 nitrogen and oxygen atoms in total. The molecule has 3 N–H and O–H groups in total. The van der Waals surface area contributed by atoms with Crippen molar-refractivity contribution in [3.8, 4) is 28.4 Å². The molecule has 0 heterocycles. The summed E-state index contributed by atoms with van der Waals surface area (Å²) in [6.45, 7) is 5.26. The van der Waals surface area contributed by atoms with Gasteiger partial charge in [0.15, 0.2) is 11.5 Å². The lowest BCUT2D eigenvalue weighted by Crippen LogP contribution is -1.90. The van der Waals surface area contributed by atoms with Gasteiger partial charge in [-0.2, -0.15) is 0 Å². The van der Waals surface area contributed by atoms with Crippen molar-refractivity contribution in [1.82, 2.24) is 0 Å². The maximum atomic E-state index is 10.0. The van der Waals surface area contributed by atoms with Crippen LogP contribution >= 0.6 is 0 Å². The fraction of sp³-hybridized carbons (Fsp3) is 0.200. The smallest absolute Gasteiger partial charge is 0.166 e. The lowest BCUT2D eigenvalue weighted by molar-refractivity contribution is 0.392. The molecule has 2 aromatic carbocycles. The van der Waals surface area contributed by atoms with E-state index in [1.807, 2.05) is 31.2 Å². The predicted octanol–water partition coefficient (Wildman–Crippen LogP) is 3.40. The van der Waals surface area contributed by atoms with Crippen molar-refractivity contribution in [1.29, 1.82) is 0 Å². The third-order valence-electron chi connectivity index (χ3n) is 3.24. The van der Waals surface area contributed by atoms with Gasteiger partial charge in [-0.25, -0.2) is 0 Å². The normalized spacial score (nSPS) is 10.6. The highest BCUT2D eigenvalue weighted by Crippen LogP contribution is 2.46. The molecular formula is C15H16O3. The van der Waals surface area contributed by atoms with Crippen LogP contribution in [0, 0.1) is 20.8 Å². The minimum absolute atomic E-state index is 0.0147. The lowest BCUT2D eigenvalue weighted by atomic mass is 9.95. The quantitative estimate of drug-likeness (QED) is 0.532. The molecule has 0 atom stereocenters. The molecule has 0 bridgehead atoms. The highest BCUT2D eigenvalue weighted by molar-refractivity contribution is 5.80. The van der Waals surface area contributed by atoms with E-state index in [-0.39, 0.29) is 17.2 Å². The van der Waals surface area contributed by atoms with Crippen molar-refractivity contribution in [2.24, 2.45) is 0 Å². The van der Waals surface area contributed by atoms with Gasteiger partial charge in [0.25, 0.3) is 0 Å². The van der Waals surface area contributed by atoms with Crippen molar-refractivity contribution in [3.05, 3.63) is 41.0 Å². The molecule has 0 fully saturated rings. The van der Waals surface area contributed by atoms with E-state index in [2.05, 4.69) is 0 Å². The number of benzene rings is 2. The largest absolute Gasteiger partial charge is 0.507 e. The minimum Gasteiger partial charge on any atom is -0.507 e. The highest BCUT2D eigenvalue weighted by atomic mass is 16.3. The van der Waals surface area contributed by atoms with E-state index >= 15 is 0 Å². The van der Waals surface area contributed by atoms with E-state index in [1.54, 1.807) is 13.8 Å². The molecule has 94 valence electrons. The summed E-state index contributed by atoms with van der Waals surface area (Å²) in [6, 6.07) is 7.54. The molecule has 3 heteroatoms. The average Bonchev–Trinajstić information content (AvgIpc) is 2.36. The van der Waals surface area contributed by atoms with E-state index in [9.17, 15) is 15.3 Å².